The van der Waals surface area contributed by atoms with E-state index in [4.69, 9.17) is 4.74 Å². The molecule has 4 rings (SSSR count). The van der Waals surface area contributed by atoms with Crippen molar-refractivity contribution in [3.63, 3.8) is 0 Å². The Morgan fingerprint density at radius 3 is 2.60 bits per heavy atom. The quantitative estimate of drug-likeness (QED) is 0.384. The van der Waals surface area contributed by atoms with E-state index in [0.717, 1.165) is 41.0 Å². The molecule has 1 fully saturated rings. The number of thioether (sulfide) groups is 1. The molecule has 0 saturated carbocycles. The number of rotatable bonds is 8. The fraction of sp³-hybridized carbons (Fsp3) is 0.462. The average molecular weight is 515 g/mol. The van der Waals surface area contributed by atoms with Crippen LogP contribution < -0.4 is 10.2 Å². The van der Waals surface area contributed by atoms with Crippen LogP contribution in [-0.4, -0.2) is 35.5 Å². The van der Waals surface area contributed by atoms with E-state index in [9.17, 15) is 19.2 Å². The highest BCUT2D eigenvalue weighted by atomic mass is 32.2. The van der Waals surface area contributed by atoms with Crippen LogP contribution in [-0.2, 0) is 32.0 Å². The zero-order valence-electron chi connectivity index (χ0n) is 20.2. The van der Waals surface area contributed by atoms with E-state index in [-0.39, 0.29) is 30.7 Å². The maximum absolute atomic E-state index is 13.4. The van der Waals surface area contributed by atoms with Gasteiger partial charge in [0.1, 0.15) is 5.00 Å². The zero-order chi connectivity index (χ0) is 25.1. The molecule has 1 aromatic heterocycles. The van der Waals surface area contributed by atoms with Crippen LogP contribution >= 0.6 is 23.1 Å². The van der Waals surface area contributed by atoms with Gasteiger partial charge in [0, 0.05) is 28.3 Å². The molecule has 2 aromatic rings. The Morgan fingerprint density at radius 2 is 1.91 bits per heavy atom. The Balaban J connectivity index is 1.54. The number of ether oxygens (including phenoxy) is 1. The second-order valence-corrected chi connectivity index (χ2v) is 11.3. The predicted octanol–water partition coefficient (Wildman–Crippen LogP) is 5.21. The molecule has 2 heterocycles. The summed E-state index contributed by atoms with van der Waals surface area (Å²) < 4.78 is 5.31. The number of nitrogens with one attached hydrogen (secondary N) is 1. The van der Waals surface area contributed by atoms with Gasteiger partial charge in [-0.15, -0.1) is 23.1 Å². The highest BCUT2D eigenvalue weighted by molar-refractivity contribution is 8.00. The number of thiophene rings is 1. The van der Waals surface area contributed by atoms with Crippen molar-refractivity contribution in [1.29, 1.82) is 0 Å². The number of benzene rings is 1. The third kappa shape index (κ3) is 5.46. The second-order valence-electron chi connectivity index (χ2n) is 8.95. The Morgan fingerprint density at radius 1 is 1.17 bits per heavy atom. The summed E-state index contributed by atoms with van der Waals surface area (Å²) in [6.45, 7) is 6.10. The first kappa shape index (κ1) is 25.4. The molecule has 0 bridgehead atoms. The van der Waals surface area contributed by atoms with Crippen LogP contribution in [0.15, 0.2) is 29.2 Å². The minimum Gasteiger partial charge on any atom is -0.462 e. The van der Waals surface area contributed by atoms with Crippen molar-refractivity contribution in [2.24, 2.45) is 5.92 Å². The summed E-state index contributed by atoms with van der Waals surface area (Å²) in [7, 11) is 0. The molecule has 2 atom stereocenters. The Hall–Kier alpha value is -2.65. The molecule has 1 aliphatic carbocycles. The standard InChI is InChI=1S/C26H30N2O5S2/c1-4-6-21(29)27-16-8-10-17(11-9-16)34-20-14-22(30)28(24(20)31)25-23(26(32)33-5-2)18-12-7-15(3)13-19(18)35-25/h8-11,15,20H,4-7,12-14H2,1-3H3,(H,27,29)/t15-,20+/m0/s1. The predicted molar refractivity (Wildman–Crippen MR) is 138 cm³/mol. The lowest BCUT2D eigenvalue weighted by atomic mass is 9.88. The molecule has 0 spiro atoms. The van der Waals surface area contributed by atoms with Crippen molar-refractivity contribution in [1.82, 2.24) is 0 Å². The minimum absolute atomic E-state index is 0.0365. The van der Waals surface area contributed by atoms with Crippen LogP contribution in [0.25, 0.3) is 0 Å². The van der Waals surface area contributed by atoms with Gasteiger partial charge in [0.15, 0.2) is 0 Å². The first-order valence-electron chi connectivity index (χ1n) is 12.1. The molecule has 186 valence electrons. The summed E-state index contributed by atoms with van der Waals surface area (Å²) in [6, 6.07) is 7.26. The molecular formula is C26H30N2O5S2. The Kier molecular flexibility index (Phi) is 7.96. The lowest BCUT2D eigenvalue weighted by molar-refractivity contribution is -0.121. The lowest BCUT2D eigenvalue weighted by Gasteiger charge is -2.18. The number of esters is 1. The third-order valence-corrected chi connectivity index (χ3v) is 8.61. The number of amides is 3. The maximum Gasteiger partial charge on any atom is 0.341 e. The molecule has 1 aliphatic heterocycles. The fourth-order valence-electron chi connectivity index (χ4n) is 4.45. The van der Waals surface area contributed by atoms with Crippen LogP contribution in [0.3, 0.4) is 0 Å². The zero-order valence-corrected chi connectivity index (χ0v) is 21.9. The molecule has 9 heteroatoms. The minimum atomic E-state index is -0.573. The smallest absolute Gasteiger partial charge is 0.341 e. The van der Waals surface area contributed by atoms with E-state index in [1.807, 2.05) is 19.1 Å². The van der Waals surface area contributed by atoms with Crippen molar-refractivity contribution in [2.45, 2.75) is 69.4 Å². The van der Waals surface area contributed by atoms with E-state index in [0.29, 0.717) is 28.6 Å². The summed E-state index contributed by atoms with van der Waals surface area (Å²) in [5, 5.41) is 2.68. The van der Waals surface area contributed by atoms with Gasteiger partial charge in [-0.1, -0.05) is 13.8 Å². The van der Waals surface area contributed by atoms with Gasteiger partial charge < -0.3 is 10.1 Å². The highest BCUT2D eigenvalue weighted by Gasteiger charge is 2.44. The molecule has 0 unspecified atom stereocenters. The van der Waals surface area contributed by atoms with Crippen molar-refractivity contribution in [3.05, 3.63) is 40.3 Å². The van der Waals surface area contributed by atoms with E-state index in [2.05, 4.69) is 12.2 Å². The van der Waals surface area contributed by atoms with Gasteiger partial charge in [-0.3, -0.25) is 14.4 Å². The monoisotopic (exact) mass is 514 g/mol. The highest BCUT2D eigenvalue weighted by Crippen LogP contribution is 2.45. The number of anilines is 2. The normalized spacial score (nSPS) is 19.6. The van der Waals surface area contributed by atoms with Gasteiger partial charge in [0.25, 0.3) is 0 Å². The SMILES string of the molecule is CCCC(=O)Nc1ccc(S[C@@H]2CC(=O)N(c3sc4c(c3C(=O)OCC)CC[C@H](C)C4)C2=O)cc1. The summed E-state index contributed by atoms with van der Waals surface area (Å²) >= 11 is 2.70. The van der Waals surface area contributed by atoms with Crippen molar-refractivity contribution in [2.75, 3.05) is 16.8 Å². The molecule has 35 heavy (non-hydrogen) atoms. The Labute approximate surface area is 213 Å². The van der Waals surface area contributed by atoms with Crippen LogP contribution in [0.2, 0.25) is 0 Å². The van der Waals surface area contributed by atoms with Gasteiger partial charge in [-0.05, 0) is 68.4 Å². The van der Waals surface area contributed by atoms with Crippen molar-refractivity contribution in [3.8, 4) is 0 Å². The first-order valence-corrected chi connectivity index (χ1v) is 13.8. The Bertz CT molecular complexity index is 1140. The van der Waals surface area contributed by atoms with Crippen LogP contribution in [0.5, 0.6) is 0 Å². The molecule has 1 aromatic carbocycles. The largest absolute Gasteiger partial charge is 0.462 e. The number of carbonyl (C=O) groups excluding carboxylic acids is 4. The fourth-order valence-corrected chi connectivity index (χ4v) is 7.02. The van der Waals surface area contributed by atoms with Crippen molar-refractivity contribution >= 4 is 57.5 Å². The first-order chi connectivity index (χ1) is 16.8. The topological polar surface area (TPSA) is 92.8 Å². The van der Waals surface area contributed by atoms with Gasteiger partial charge in [0.05, 0.1) is 17.4 Å². The molecule has 1 saturated heterocycles. The number of imide groups is 1. The molecule has 1 N–H and O–H groups in total. The van der Waals surface area contributed by atoms with Crippen LogP contribution in [0.1, 0.15) is 67.3 Å². The number of hydrogen-bond acceptors (Lipinski definition) is 7. The van der Waals surface area contributed by atoms with Gasteiger partial charge >= 0.3 is 5.97 Å². The van der Waals surface area contributed by atoms with E-state index in [1.54, 1.807) is 19.1 Å². The number of hydrogen-bond donors (Lipinski definition) is 1. The van der Waals surface area contributed by atoms with E-state index < -0.39 is 11.2 Å². The number of fused-ring (bicyclic) bond motifs is 1. The molecule has 3 amide bonds. The summed E-state index contributed by atoms with van der Waals surface area (Å²) in [5.74, 6) is -0.616. The van der Waals surface area contributed by atoms with Gasteiger partial charge in [-0.2, -0.15) is 0 Å². The van der Waals surface area contributed by atoms with E-state index in [1.165, 1.54) is 28.0 Å². The summed E-state index contributed by atoms with van der Waals surface area (Å²) in [4.78, 5) is 54.2. The summed E-state index contributed by atoms with van der Waals surface area (Å²) in [6.07, 6.45) is 3.85. The van der Waals surface area contributed by atoms with Gasteiger partial charge in [-0.25, -0.2) is 9.69 Å². The molecule has 0 radical (unpaired) electrons. The van der Waals surface area contributed by atoms with Crippen LogP contribution in [0, 0.1) is 5.92 Å². The molecular weight excluding hydrogens is 484 g/mol. The molecule has 7 nitrogen and oxygen atoms in total. The van der Waals surface area contributed by atoms with Gasteiger partial charge in [0.2, 0.25) is 17.7 Å². The second kappa shape index (κ2) is 11.0. The molecule has 2 aliphatic rings. The summed E-state index contributed by atoms with van der Waals surface area (Å²) in [5.41, 5.74) is 2.01. The van der Waals surface area contributed by atoms with Crippen molar-refractivity contribution < 1.29 is 23.9 Å². The van der Waals surface area contributed by atoms with E-state index >= 15 is 0 Å². The number of carbonyl (C=O) groups is 4. The maximum atomic E-state index is 13.4. The number of nitrogens with zero attached hydrogens (tertiary/aromatic N) is 1. The average Bonchev–Trinajstić information content (AvgIpc) is 3.31. The lowest BCUT2D eigenvalue weighted by Crippen LogP contribution is -2.32. The third-order valence-electron chi connectivity index (χ3n) is 6.17. The van der Waals surface area contributed by atoms with Crippen LogP contribution in [0.4, 0.5) is 10.7 Å².